The third kappa shape index (κ3) is 3.71. The summed E-state index contributed by atoms with van der Waals surface area (Å²) in [6.07, 6.45) is 4.41. The van der Waals surface area contributed by atoms with Crippen LogP contribution in [0.2, 0.25) is 0 Å². The number of benzene rings is 1. The van der Waals surface area contributed by atoms with Crippen molar-refractivity contribution in [2.75, 3.05) is 13.7 Å². The van der Waals surface area contributed by atoms with Crippen LogP contribution in [0, 0.1) is 0 Å². The summed E-state index contributed by atoms with van der Waals surface area (Å²) in [5.74, 6) is 0.815. The molecule has 1 unspecified atom stereocenters. The lowest BCUT2D eigenvalue weighted by molar-refractivity contribution is -0.133. The van der Waals surface area contributed by atoms with Crippen LogP contribution in [0.25, 0.3) is 0 Å². The van der Waals surface area contributed by atoms with Crippen molar-refractivity contribution in [1.82, 2.24) is 9.88 Å². The van der Waals surface area contributed by atoms with E-state index in [1.807, 2.05) is 30.0 Å². The summed E-state index contributed by atoms with van der Waals surface area (Å²) >= 11 is 0. The number of hydrogen-bond acceptors (Lipinski definition) is 4. The van der Waals surface area contributed by atoms with Gasteiger partial charge in [0.05, 0.1) is 13.2 Å². The summed E-state index contributed by atoms with van der Waals surface area (Å²) in [4.78, 5) is 30.6. The molecule has 0 radical (unpaired) electrons. The first-order valence-corrected chi connectivity index (χ1v) is 8.49. The van der Waals surface area contributed by atoms with Crippen molar-refractivity contribution >= 4 is 11.7 Å². The van der Waals surface area contributed by atoms with Gasteiger partial charge in [0.15, 0.2) is 5.78 Å². The molecule has 0 N–H and O–H groups in total. The normalized spacial score (nSPS) is 16.2. The van der Waals surface area contributed by atoms with E-state index in [-0.39, 0.29) is 30.6 Å². The third-order valence-corrected chi connectivity index (χ3v) is 4.76. The van der Waals surface area contributed by atoms with Gasteiger partial charge in [-0.3, -0.25) is 14.6 Å². The number of nitrogens with zero attached hydrogens (tertiary/aromatic N) is 2. The number of fused-ring (bicyclic) bond motifs is 1. The predicted molar refractivity (Wildman–Crippen MR) is 94.6 cm³/mol. The zero-order valence-electron chi connectivity index (χ0n) is 14.6. The van der Waals surface area contributed by atoms with Crippen molar-refractivity contribution in [2.24, 2.45) is 0 Å². The first-order valence-electron chi connectivity index (χ1n) is 8.49. The number of amides is 1. The molecule has 3 rings (SSSR count). The largest absolute Gasteiger partial charge is 0.497 e. The van der Waals surface area contributed by atoms with Gasteiger partial charge < -0.3 is 9.64 Å². The molecule has 1 aromatic heterocycles. The average Bonchev–Trinajstić information content (AvgIpc) is 2.66. The highest BCUT2D eigenvalue weighted by Gasteiger charge is 2.27. The molecule has 0 saturated carbocycles. The van der Waals surface area contributed by atoms with E-state index < -0.39 is 0 Å². The summed E-state index contributed by atoms with van der Waals surface area (Å²) in [5.41, 5.74) is 2.93. The Bertz CT molecular complexity index is 774. The second-order valence-electron chi connectivity index (χ2n) is 6.24. The fourth-order valence-corrected chi connectivity index (χ4v) is 3.31. The molecule has 1 aromatic carbocycles. The number of rotatable bonds is 5. The molecule has 1 atom stereocenters. The number of hydrogen-bond donors (Lipinski definition) is 0. The highest BCUT2D eigenvalue weighted by Crippen LogP contribution is 2.32. The monoisotopic (exact) mass is 338 g/mol. The van der Waals surface area contributed by atoms with Crippen molar-refractivity contribution < 1.29 is 14.3 Å². The second-order valence-corrected chi connectivity index (χ2v) is 6.24. The Morgan fingerprint density at radius 2 is 2.12 bits per heavy atom. The molecular weight excluding hydrogens is 316 g/mol. The Kier molecular flexibility index (Phi) is 5.12. The van der Waals surface area contributed by atoms with Gasteiger partial charge in [0, 0.05) is 37.3 Å². The molecule has 0 aliphatic carbocycles. The van der Waals surface area contributed by atoms with E-state index >= 15 is 0 Å². The third-order valence-electron chi connectivity index (χ3n) is 4.76. The number of pyridine rings is 1. The lowest BCUT2D eigenvalue weighted by atomic mass is 9.93. The number of carbonyl (C=O) groups is 2. The number of methoxy groups -OCH3 is 1. The van der Waals surface area contributed by atoms with Gasteiger partial charge in [0.2, 0.25) is 5.91 Å². The summed E-state index contributed by atoms with van der Waals surface area (Å²) < 4.78 is 5.27. The van der Waals surface area contributed by atoms with Crippen molar-refractivity contribution in [3.05, 3.63) is 59.4 Å². The number of aromatic nitrogens is 1. The Hall–Kier alpha value is -2.69. The van der Waals surface area contributed by atoms with Crippen LogP contribution in [0.3, 0.4) is 0 Å². The van der Waals surface area contributed by atoms with Gasteiger partial charge in [0.25, 0.3) is 0 Å². The minimum absolute atomic E-state index is 0.00986. The molecule has 0 saturated heterocycles. The maximum Gasteiger partial charge on any atom is 0.223 e. The second kappa shape index (κ2) is 7.47. The van der Waals surface area contributed by atoms with E-state index in [0.29, 0.717) is 12.1 Å². The Morgan fingerprint density at radius 3 is 2.84 bits per heavy atom. The molecule has 1 aliphatic heterocycles. The Labute approximate surface area is 147 Å². The number of ether oxygens (including phenoxy) is 1. The quantitative estimate of drug-likeness (QED) is 0.786. The molecule has 0 bridgehead atoms. The topological polar surface area (TPSA) is 59.5 Å². The molecule has 130 valence electrons. The van der Waals surface area contributed by atoms with Gasteiger partial charge in [-0.15, -0.1) is 0 Å². The van der Waals surface area contributed by atoms with Crippen LogP contribution in [-0.2, 0) is 11.2 Å². The van der Waals surface area contributed by atoms with Crippen LogP contribution in [0.5, 0.6) is 5.75 Å². The molecule has 1 amide bonds. The minimum atomic E-state index is -0.0451. The van der Waals surface area contributed by atoms with E-state index in [1.54, 1.807) is 31.6 Å². The number of carbonyl (C=O) groups excluding carboxylic acids is 2. The lowest BCUT2D eigenvalue weighted by Crippen LogP contribution is -2.38. The average molecular weight is 338 g/mol. The smallest absolute Gasteiger partial charge is 0.223 e. The molecule has 2 heterocycles. The number of Topliss-reactive ketones (excluding diaryl/α,β-unsaturated/α-hetero) is 1. The summed E-state index contributed by atoms with van der Waals surface area (Å²) in [6, 6.07) is 9.46. The molecule has 0 fully saturated rings. The van der Waals surface area contributed by atoms with Crippen molar-refractivity contribution in [1.29, 1.82) is 0 Å². The van der Waals surface area contributed by atoms with Crippen LogP contribution in [0.4, 0.5) is 0 Å². The lowest BCUT2D eigenvalue weighted by Gasteiger charge is -2.35. The van der Waals surface area contributed by atoms with Crippen LogP contribution >= 0.6 is 0 Å². The Balaban J connectivity index is 1.64. The summed E-state index contributed by atoms with van der Waals surface area (Å²) in [7, 11) is 1.66. The molecule has 1 aliphatic rings. The van der Waals surface area contributed by atoms with Crippen molar-refractivity contribution in [3.8, 4) is 5.75 Å². The zero-order valence-corrected chi connectivity index (χ0v) is 14.6. The highest BCUT2D eigenvalue weighted by atomic mass is 16.5. The van der Waals surface area contributed by atoms with E-state index in [2.05, 4.69) is 4.98 Å². The van der Waals surface area contributed by atoms with Gasteiger partial charge in [-0.05, 0) is 48.7 Å². The molecule has 5 heteroatoms. The van der Waals surface area contributed by atoms with Crippen LogP contribution in [0.15, 0.2) is 42.7 Å². The van der Waals surface area contributed by atoms with E-state index in [1.165, 1.54) is 5.56 Å². The van der Waals surface area contributed by atoms with Gasteiger partial charge in [-0.25, -0.2) is 0 Å². The Morgan fingerprint density at radius 1 is 1.28 bits per heavy atom. The predicted octanol–water partition coefficient (Wildman–Crippen LogP) is 3.20. The standard InChI is InChI=1S/C20H22N2O3/c1-14-18-6-5-17(25-2)12-15(18)9-11-22(14)20(24)8-7-19(23)16-4-3-10-21-13-16/h3-6,10,12-14H,7-9,11H2,1-2H3. The fraction of sp³-hybridized carbons (Fsp3) is 0.350. The highest BCUT2D eigenvalue weighted by molar-refractivity contribution is 5.97. The molecular formula is C20H22N2O3. The van der Waals surface area contributed by atoms with Crippen molar-refractivity contribution in [3.63, 3.8) is 0 Å². The molecule has 5 nitrogen and oxygen atoms in total. The first kappa shape index (κ1) is 17.1. The van der Waals surface area contributed by atoms with Crippen LogP contribution < -0.4 is 4.74 Å². The summed E-state index contributed by atoms with van der Waals surface area (Å²) in [6.45, 7) is 2.70. The van der Waals surface area contributed by atoms with Gasteiger partial charge in [-0.1, -0.05) is 6.07 Å². The molecule has 0 spiro atoms. The van der Waals surface area contributed by atoms with Gasteiger partial charge >= 0.3 is 0 Å². The maximum atomic E-state index is 12.6. The number of ketones is 1. The molecule has 25 heavy (non-hydrogen) atoms. The summed E-state index contributed by atoms with van der Waals surface area (Å²) in [5, 5.41) is 0. The molecule has 2 aromatic rings. The first-order chi connectivity index (χ1) is 12.1. The van der Waals surface area contributed by atoms with E-state index in [4.69, 9.17) is 4.74 Å². The van der Waals surface area contributed by atoms with Crippen LogP contribution in [0.1, 0.15) is 47.3 Å². The van der Waals surface area contributed by atoms with Crippen molar-refractivity contribution in [2.45, 2.75) is 32.2 Å². The fourth-order valence-electron chi connectivity index (χ4n) is 3.31. The minimum Gasteiger partial charge on any atom is -0.497 e. The maximum absolute atomic E-state index is 12.6. The van der Waals surface area contributed by atoms with Gasteiger partial charge in [-0.2, -0.15) is 0 Å². The van der Waals surface area contributed by atoms with E-state index in [0.717, 1.165) is 17.7 Å². The zero-order chi connectivity index (χ0) is 17.8. The van der Waals surface area contributed by atoms with Crippen LogP contribution in [-0.4, -0.2) is 35.2 Å². The van der Waals surface area contributed by atoms with E-state index in [9.17, 15) is 9.59 Å². The van der Waals surface area contributed by atoms with Gasteiger partial charge in [0.1, 0.15) is 5.75 Å². The SMILES string of the molecule is COc1ccc2c(c1)CCN(C(=O)CCC(=O)c1cccnc1)C2C.